The van der Waals surface area contributed by atoms with Gasteiger partial charge in [0.05, 0.1) is 17.0 Å². The van der Waals surface area contributed by atoms with E-state index in [-0.39, 0.29) is 27.7 Å². The van der Waals surface area contributed by atoms with Crippen LogP contribution in [0.15, 0.2) is 52.3 Å². The summed E-state index contributed by atoms with van der Waals surface area (Å²) in [6.07, 6.45) is 1.36. The fourth-order valence-electron chi connectivity index (χ4n) is 1.72. The number of halogens is 1. The van der Waals surface area contributed by atoms with Crippen molar-refractivity contribution in [1.29, 1.82) is 15.8 Å². The Kier molecular flexibility index (Phi) is 5.20. The summed E-state index contributed by atoms with van der Waals surface area (Å²) < 4.78 is 4.99. The van der Waals surface area contributed by atoms with Gasteiger partial charge < -0.3 is 15.1 Å². The summed E-state index contributed by atoms with van der Waals surface area (Å²) in [5, 5.41) is 32.2. The molecule has 7 nitrogen and oxygen atoms in total. The number of amides is 1. The number of anilines is 2. The zero-order chi connectivity index (χ0) is 17.5. The van der Waals surface area contributed by atoms with Crippen LogP contribution in [-0.4, -0.2) is 5.91 Å². The number of nitriles is 3. The summed E-state index contributed by atoms with van der Waals surface area (Å²) >= 11 is 6.03. The fourth-order valence-corrected chi connectivity index (χ4v) is 1.88. The van der Waals surface area contributed by atoms with Gasteiger partial charge in [0.25, 0.3) is 5.91 Å². The van der Waals surface area contributed by atoms with Crippen LogP contribution in [0.2, 0.25) is 5.02 Å². The minimum Gasteiger partial charge on any atom is -0.459 e. The van der Waals surface area contributed by atoms with E-state index in [1.54, 1.807) is 24.3 Å². The zero-order valence-electron chi connectivity index (χ0n) is 12.0. The van der Waals surface area contributed by atoms with Crippen molar-refractivity contribution in [2.45, 2.75) is 0 Å². The fraction of sp³-hybridized carbons (Fsp3) is 0. The molecule has 0 fully saturated rings. The second kappa shape index (κ2) is 7.51. The van der Waals surface area contributed by atoms with Crippen molar-refractivity contribution in [2.75, 3.05) is 10.6 Å². The van der Waals surface area contributed by atoms with E-state index >= 15 is 0 Å². The first kappa shape index (κ1) is 16.6. The first-order valence-corrected chi connectivity index (χ1v) is 6.83. The summed E-state index contributed by atoms with van der Waals surface area (Å²) in [7, 11) is 0. The molecule has 0 radical (unpaired) electrons. The third kappa shape index (κ3) is 3.72. The van der Waals surface area contributed by atoms with E-state index < -0.39 is 5.91 Å². The van der Waals surface area contributed by atoms with Crippen LogP contribution in [0.3, 0.4) is 0 Å². The number of furan rings is 1. The van der Waals surface area contributed by atoms with Crippen LogP contribution in [-0.2, 0) is 0 Å². The van der Waals surface area contributed by atoms with Crippen LogP contribution >= 0.6 is 11.6 Å². The number of hydrogen-bond acceptors (Lipinski definition) is 6. The normalized spacial score (nSPS) is 9.08. The molecule has 0 aliphatic carbocycles. The van der Waals surface area contributed by atoms with E-state index in [2.05, 4.69) is 10.6 Å². The maximum Gasteiger partial charge on any atom is 0.291 e. The first-order chi connectivity index (χ1) is 11.6. The van der Waals surface area contributed by atoms with Gasteiger partial charge in [-0.25, -0.2) is 0 Å². The van der Waals surface area contributed by atoms with Crippen LogP contribution in [0.5, 0.6) is 0 Å². The average molecular weight is 338 g/mol. The molecule has 0 aliphatic heterocycles. The summed E-state index contributed by atoms with van der Waals surface area (Å²) in [6.45, 7) is 0. The number of carbonyl (C=O) groups excluding carboxylic acids is 1. The molecule has 0 unspecified atom stereocenters. The van der Waals surface area contributed by atoms with Gasteiger partial charge in [-0.15, -0.1) is 0 Å². The lowest BCUT2D eigenvalue weighted by molar-refractivity contribution is 0.0996. The Labute approximate surface area is 142 Å². The molecule has 2 aromatic rings. The Hall–Kier alpha value is -3.73. The number of hydrogen-bond donors (Lipinski definition) is 2. The number of nitrogens with zero attached hydrogens (tertiary/aromatic N) is 3. The molecule has 0 atom stereocenters. The quantitative estimate of drug-likeness (QED) is 0.823. The van der Waals surface area contributed by atoms with Gasteiger partial charge in [0, 0.05) is 5.69 Å². The lowest BCUT2D eigenvalue weighted by Gasteiger charge is -2.10. The Balaban J connectivity index is 2.28. The average Bonchev–Trinajstić information content (AvgIpc) is 3.12. The summed E-state index contributed by atoms with van der Waals surface area (Å²) in [4.78, 5) is 12.0. The minimum absolute atomic E-state index is 0.110. The van der Waals surface area contributed by atoms with Gasteiger partial charge in [-0.3, -0.25) is 4.79 Å². The third-order valence-electron chi connectivity index (χ3n) is 2.81. The van der Waals surface area contributed by atoms with Gasteiger partial charge in [0.15, 0.2) is 11.3 Å². The Morgan fingerprint density at radius 1 is 1.08 bits per heavy atom. The maximum absolute atomic E-state index is 12.0. The van der Waals surface area contributed by atoms with Crippen molar-refractivity contribution in [3.63, 3.8) is 0 Å². The lowest BCUT2D eigenvalue weighted by Crippen LogP contribution is -2.11. The molecule has 0 aliphatic rings. The van der Waals surface area contributed by atoms with E-state index in [1.807, 2.05) is 0 Å². The predicted octanol–water partition coefficient (Wildman–Crippen LogP) is 3.42. The molecule has 1 aromatic carbocycles. The summed E-state index contributed by atoms with van der Waals surface area (Å²) in [5.41, 5.74) is 0.0868. The highest BCUT2D eigenvalue weighted by molar-refractivity contribution is 6.34. The van der Waals surface area contributed by atoms with E-state index in [4.69, 9.17) is 31.8 Å². The molecule has 0 spiro atoms. The first-order valence-electron chi connectivity index (χ1n) is 6.45. The molecule has 1 heterocycles. The molecule has 116 valence electrons. The van der Waals surface area contributed by atoms with E-state index in [0.29, 0.717) is 5.69 Å². The second-order valence-electron chi connectivity index (χ2n) is 4.34. The Morgan fingerprint density at radius 2 is 1.83 bits per heavy atom. The van der Waals surface area contributed by atoms with Crippen LogP contribution in [0.25, 0.3) is 0 Å². The van der Waals surface area contributed by atoms with E-state index in [1.165, 1.54) is 30.5 Å². The highest BCUT2D eigenvalue weighted by Crippen LogP contribution is 2.27. The molecular formula is C16H8ClN5O2. The van der Waals surface area contributed by atoms with Gasteiger partial charge in [0.1, 0.15) is 23.9 Å². The SMILES string of the molecule is N#CC(C#N)=C(C#N)Nc1ccc(Cl)c(NC(=O)c2ccco2)c1. The highest BCUT2D eigenvalue weighted by Gasteiger charge is 2.12. The summed E-state index contributed by atoms with van der Waals surface area (Å²) in [5.74, 6) is -0.386. The molecule has 2 N–H and O–H groups in total. The van der Waals surface area contributed by atoms with Crippen molar-refractivity contribution in [1.82, 2.24) is 0 Å². The van der Waals surface area contributed by atoms with Gasteiger partial charge in [-0.05, 0) is 30.3 Å². The van der Waals surface area contributed by atoms with Gasteiger partial charge in [-0.2, -0.15) is 15.8 Å². The second-order valence-corrected chi connectivity index (χ2v) is 4.74. The van der Waals surface area contributed by atoms with Crippen molar-refractivity contribution in [2.24, 2.45) is 0 Å². The largest absolute Gasteiger partial charge is 0.459 e. The van der Waals surface area contributed by atoms with Crippen molar-refractivity contribution < 1.29 is 9.21 Å². The zero-order valence-corrected chi connectivity index (χ0v) is 12.8. The monoisotopic (exact) mass is 337 g/mol. The van der Waals surface area contributed by atoms with Crippen LogP contribution in [0, 0.1) is 34.0 Å². The number of allylic oxidation sites excluding steroid dienone is 2. The van der Waals surface area contributed by atoms with Crippen LogP contribution in [0.1, 0.15) is 10.6 Å². The van der Waals surface area contributed by atoms with Crippen LogP contribution < -0.4 is 10.6 Å². The molecular weight excluding hydrogens is 330 g/mol. The topological polar surface area (TPSA) is 126 Å². The number of carbonyl (C=O) groups is 1. The molecule has 1 amide bonds. The Bertz CT molecular complexity index is 911. The third-order valence-corrected chi connectivity index (χ3v) is 3.14. The van der Waals surface area contributed by atoms with Gasteiger partial charge in [0.2, 0.25) is 0 Å². The number of benzene rings is 1. The number of rotatable bonds is 4. The minimum atomic E-state index is -0.496. The Morgan fingerprint density at radius 3 is 2.42 bits per heavy atom. The number of nitrogens with one attached hydrogen (secondary N) is 2. The van der Waals surface area contributed by atoms with E-state index in [0.717, 1.165) is 0 Å². The molecule has 0 saturated heterocycles. The van der Waals surface area contributed by atoms with Crippen LogP contribution in [0.4, 0.5) is 11.4 Å². The van der Waals surface area contributed by atoms with Gasteiger partial charge >= 0.3 is 0 Å². The van der Waals surface area contributed by atoms with Crippen molar-refractivity contribution in [3.8, 4) is 18.2 Å². The standard InChI is InChI=1S/C16H8ClN5O2/c17-12-4-3-11(21-14(9-20)10(7-18)8-19)6-13(12)22-16(23)15-2-1-5-24-15/h1-6,21H,(H,22,23). The smallest absolute Gasteiger partial charge is 0.291 e. The highest BCUT2D eigenvalue weighted by atomic mass is 35.5. The molecule has 2 rings (SSSR count). The predicted molar refractivity (Wildman–Crippen MR) is 85.6 cm³/mol. The summed E-state index contributed by atoms with van der Waals surface area (Å²) in [6, 6.07) is 12.6. The lowest BCUT2D eigenvalue weighted by atomic mass is 10.2. The molecule has 0 bridgehead atoms. The van der Waals surface area contributed by atoms with Gasteiger partial charge in [-0.1, -0.05) is 11.6 Å². The van der Waals surface area contributed by atoms with Crippen molar-refractivity contribution >= 4 is 28.9 Å². The molecule has 1 aromatic heterocycles. The molecule has 24 heavy (non-hydrogen) atoms. The molecule has 8 heteroatoms. The van der Waals surface area contributed by atoms with Crippen molar-refractivity contribution in [3.05, 3.63) is 58.6 Å². The van der Waals surface area contributed by atoms with E-state index in [9.17, 15) is 4.79 Å². The maximum atomic E-state index is 12.0. The molecule has 0 saturated carbocycles.